The number of hydrogen-bond donors (Lipinski definition) is 2. The number of aryl methyl sites for hydroxylation is 1. The summed E-state index contributed by atoms with van der Waals surface area (Å²) in [4.78, 5) is 1.05. The monoisotopic (exact) mass is 263 g/mol. The minimum Gasteiger partial charge on any atom is -0.396 e. The molecule has 0 spiro atoms. The van der Waals surface area contributed by atoms with Crippen LogP contribution in [0.5, 0.6) is 0 Å². The molecular formula is C10H17NO3S2. The number of thiophene rings is 1. The minimum absolute atomic E-state index is 0.0195. The van der Waals surface area contributed by atoms with Gasteiger partial charge in [-0.15, -0.1) is 11.3 Å². The lowest BCUT2D eigenvalue weighted by Gasteiger charge is -2.11. The summed E-state index contributed by atoms with van der Waals surface area (Å²) in [5.41, 5.74) is 0. The van der Waals surface area contributed by atoms with Crippen LogP contribution < -0.4 is 4.72 Å². The van der Waals surface area contributed by atoms with Crippen LogP contribution in [0.3, 0.4) is 0 Å². The molecule has 0 saturated carbocycles. The average molecular weight is 263 g/mol. The Kier molecular flexibility index (Phi) is 4.91. The van der Waals surface area contributed by atoms with Crippen molar-refractivity contribution in [3.05, 3.63) is 17.0 Å². The van der Waals surface area contributed by atoms with Crippen LogP contribution in [0.15, 0.2) is 16.3 Å². The van der Waals surface area contributed by atoms with Crippen molar-refractivity contribution in [2.75, 3.05) is 6.61 Å². The van der Waals surface area contributed by atoms with Gasteiger partial charge in [-0.05, 0) is 31.9 Å². The van der Waals surface area contributed by atoms with Crippen molar-refractivity contribution in [3.63, 3.8) is 0 Å². The number of aliphatic hydroxyl groups excluding tert-OH is 1. The highest BCUT2D eigenvalue weighted by Crippen LogP contribution is 2.22. The third-order valence-corrected chi connectivity index (χ3v) is 5.48. The Morgan fingerprint density at radius 1 is 1.50 bits per heavy atom. The van der Waals surface area contributed by atoms with Crippen LogP contribution in [0.25, 0.3) is 0 Å². The van der Waals surface area contributed by atoms with E-state index in [9.17, 15) is 8.42 Å². The highest BCUT2D eigenvalue weighted by Gasteiger charge is 2.18. The van der Waals surface area contributed by atoms with E-state index < -0.39 is 10.0 Å². The SMILES string of the molecule is CCc1ccc(S(=O)(=O)NC(C)CCO)s1. The van der Waals surface area contributed by atoms with E-state index in [4.69, 9.17) is 5.11 Å². The lowest BCUT2D eigenvalue weighted by atomic mass is 10.3. The van der Waals surface area contributed by atoms with Crippen LogP contribution in [0.4, 0.5) is 0 Å². The topological polar surface area (TPSA) is 66.4 Å². The predicted octanol–water partition coefficient (Wildman–Crippen LogP) is 1.36. The van der Waals surface area contributed by atoms with Crippen LogP contribution in [0.1, 0.15) is 25.1 Å². The van der Waals surface area contributed by atoms with Gasteiger partial charge in [-0.2, -0.15) is 0 Å². The van der Waals surface area contributed by atoms with Gasteiger partial charge in [-0.25, -0.2) is 13.1 Å². The maximum Gasteiger partial charge on any atom is 0.250 e. The molecule has 0 aliphatic heterocycles. The molecule has 0 saturated heterocycles. The Bertz CT molecular complexity index is 425. The summed E-state index contributed by atoms with van der Waals surface area (Å²) in [6, 6.07) is 3.20. The van der Waals surface area contributed by atoms with Crippen molar-refractivity contribution in [1.29, 1.82) is 0 Å². The maximum atomic E-state index is 11.9. The van der Waals surface area contributed by atoms with E-state index in [2.05, 4.69) is 4.72 Å². The average Bonchev–Trinajstić information content (AvgIpc) is 2.65. The lowest BCUT2D eigenvalue weighted by Crippen LogP contribution is -2.32. The fraction of sp³-hybridized carbons (Fsp3) is 0.600. The van der Waals surface area contributed by atoms with Crippen LogP contribution in [-0.2, 0) is 16.4 Å². The van der Waals surface area contributed by atoms with Gasteiger partial charge >= 0.3 is 0 Å². The molecule has 6 heteroatoms. The zero-order valence-electron chi connectivity index (χ0n) is 9.43. The first-order valence-electron chi connectivity index (χ1n) is 5.21. The number of hydrogen-bond acceptors (Lipinski definition) is 4. The van der Waals surface area contributed by atoms with Gasteiger partial charge < -0.3 is 5.11 Å². The summed E-state index contributed by atoms with van der Waals surface area (Å²) < 4.78 is 26.6. The second-order valence-electron chi connectivity index (χ2n) is 3.61. The first-order chi connectivity index (χ1) is 7.49. The second-order valence-corrected chi connectivity index (χ2v) is 6.72. The van der Waals surface area contributed by atoms with Gasteiger partial charge in [0.2, 0.25) is 10.0 Å². The van der Waals surface area contributed by atoms with Gasteiger partial charge in [0.25, 0.3) is 0 Å². The summed E-state index contributed by atoms with van der Waals surface area (Å²) in [6.45, 7) is 3.71. The van der Waals surface area contributed by atoms with Gasteiger partial charge in [0.15, 0.2) is 0 Å². The molecule has 1 heterocycles. The molecular weight excluding hydrogens is 246 g/mol. The van der Waals surface area contributed by atoms with E-state index in [1.807, 2.05) is 13.0 Å². The van der Waals surface area contributed by atoms with E-state index in [1.165, 1.54) is 11.3 Å². The summed E-state index contributed by atoms with van der Waals surface area (Å²) in [6.07, 6.45) is 1.26. The summed E-state index contributed by atoms with van der Waals surface area (Å²) in [5.74, 6) is 0. The van der Waals surface area contributed by atoms with E-state index in [1.54, 1.807) is 13.0 Å². The first kappa shape index (κ1) is 13.6. The molecule has 1 aromatic heterocycles. The van der Waals surface area contributed by atoms with Crippen molar-refractivity contribution in [2.45, 2.75) is 36.9 Å². The van der Waals surface area contributed by atoms with Gasteiger partial charge in [0.05, 0.1) is 0 Å². The quantitative estimate of drug-likeness (QED) is 0.814. The summed E-state index contributed by atoms with van der Waals surface area (Å²) >= 11 is 1.29. The molecule has 0 aliphatic carbocycles. The van der Waals surface area contributed by atoms with E-state index in [0.717, 1.165) is 11.3 Å². The highest BCUT2D eigenvalue weighted by atomic mass is 32.2. The van der Waals surface area contributed by atoms with E-state index in [0.29, 0.717) is 10.6 Å². The Morgan fingerprint density at radius 3 is 2.69 bits per heavy atom. The van der Waals surface area contributed by atoms with Crippen molar-refractivity contribution in [2.24, 2.45) is 0 Å². The first-order valence-corrected chi connectivity index (χ1v) is 7.51. The normalized spacial score (nSPS) is 13.9. The molecule has 1 unspecified atom stereocenters. The molecule has 16 heavy (non-hydrogen) atoms. The molecule has 0 aliphatic rings. The van der Waals surface area contributed by atoms with Gasteiger partial charge in [-0.1, -0.05) is 6.92 Å². The largest absolute Gasteiger partial charge is 0.396 e. The smallest absolute Gasteiger partial charge is 0.250 e. The van der Waals surface area contributed by atoms with Crippen LogP contribution in [0, 0.1) is 0 Å². The predicted molar refractivity (Wildman–Crippen MR) is 65.2 cm³/mol. The summed E-state index contributed by atoms with van der Waals surface area (Å²) in [5, 5.41) is 8.71. The van der Waals surface area contributed by atoms with E-state index in [-0.39, 0.29) is 12.6 Å². The Hall–Kier alpha value is -0.430. The van der Waals surface area contributed by atoms with Crippen molar-refractivity contribution in [1.82, 2.24) is 4.72 Å². The maximum absolute atomic E-state index is 11.9. The lowest BCUT2D eigenvalue weighted by molar-refractivity contribution is 0.275. The highest BCUT2D eigenvalue weighted by molar-refractivity contribution is 7.91. The Morgan fingerprint density at radius 2 is 2.19 bits per heavy atom. The Labute approximate surface area is 100 Å². The van der Waals surface area contributed by atoms with Crippen LogP contribution in [-0.4, -0.2) is 26.2 Å². The molecule has 1 aromatic rings. The zero-order chi connectivity index (χ0) is 12.2. The molecule has 0 aromatic carbocycles. The molecule has 0 amide bonds. The number of rotatable bonds is 6. The number of nitrogens with one attached hydrogen (secondary N) is 1. The number of aliphatic hydroxyl groups is 1. The van der Waals surface area contributed by atoms with Crippen LogP contribution in [0.2, 0.25) is 0 Å². The molecule has 0 bridgehead atoms. The molecule has 0 fully saturated rings. The van der Waals surface area contributed by atoms with Gasteiger partial charge in [0, 0.05) is 17.5 Å². The van der Waals surface area contributed by atoms with Crippen LogP contribution >= 0.6 is 11.3 Å². The van der Waals surface area contributed by atoms with Crippen molar-refractivity contribution in [3.8, 4) is 0 Å². The minimum atomic E-state index is -3.41. The van der Waals surface area contributed by atoms with E-state index >= 15 is 0 Å². The standard InChI is InChI=1S/C10H17NO3S2/c1-3-9-4-5-10(15-9)16(13,14)11-8(2)6-7-12/h4-5,8,11-12H,3,6-7H2,1-2H3. The number of sulfonamides is 1. The second kappa shape index (κ2) is 5.77. The third-order valence-electron chi connectivity index (χ3n) is 2.17. The third kappa shape index (κ3) is 3.55. The molecule has 1 atom stereocenters. The molecule has 92 valence electrons. The van der Waals surface area contributed by atoms with Crippen molar-refractivity contribution >= 4 is 21.4 Å². The molecule has 4 nitrogen and oxygen atoms in total. The molecule has 0 radical (unpaired) electrons. The van der Waals surface area contributed by atoms with Gasteiger partial charge in [-0.3, -0.25) is 0 Å². The molecule has 1 rings (SSSR count). The zero-order valence-corrected chi connectivity index (χ0v) is 11.1. The van der Waals surface area contributed by atoms with Gasteiger partial charge in [0.1, 0.15) is 4.21 Å². The fourth-order valence-electron chi connectivity index (χ4n) is 1.27. The fourth-order valence-corrected chi connectivity index (χ4v) is 3.86. The Balaban J connectivity index is 2.77. The summed E-state index contributed by atoms with van der Waals surface area (Å²) in [7, 11) is -3.41. The van der Waals surface area contributed by atoms with Crippen molar-refractivity contribution < 1.29 is 13.5 Å². The molecule has 2 N–H and O–H groups in total.